The van der Waals surface area contributed by atoms with Crippen molar-refractivity contribution in [2.45, 2.75) is 58.4 Å². The van der Waals surface area contributed by atoms with Gasteiger partial charge in [0.05, 0.1) is 23.6 Å². The molecular weight excluding hydrogens is 420 g/mol. The molecule has 1 aliphatic carbocycles. The summed E-state index contributed by atoms with van der Waals surface area (Å²) < 4.78 is 7.45. The number of pyridine rings is 1. The number of aromatic nitrogens is 3. The van der Waals surface area contributed by atoms with Gasteiger partial charge in [0.1, 0.15) is 5.01 Å². The Kier molecular flexibility index (Phi) is 7.37. The molecule has 1 fully saturated rings. The third kappa shape index (κ3) is 4.79. The first kappa shape index (κ1) is 22.7. The Morgan fingerprint density at radius 2 is 2.09 bits per heavy atom. The van der Waals surface area contributed by atoms with Crippen molar-refractivity contribution >= 4 is 17.2 Å². The predicted molar refractivity (Wildman–Crippen MR) is 129 cm³/mol. The Balaban J connectivity index is 1.71. The molecule has 7 heteroatoms. The van der Waals surface area contributed by atoms with Gasteiger partial charge in [-0.25, -0.2) is 4.98 Å². The Morgan fingerprint density at radius 3 is 2.84 bits per heavy atom. The van der Waals surface area contributed by atoms with Crippen molar-refractivity contribution < 1.29 is 9.53 Å². The monoisotopic (exact) mass is 452 g/mol. The summed E-state index contributed by atoms with van der Waals surface area (Å²) in [5.41, 5.74) is 5.89. The molecule has 0 bridgehead atoms. The molecule has 4 rings (SSSR count). The maximum atomic E-state index is 12.9. The fourth-order valence-electron chi connectivity index (χ4n) is 4.55. The van der Waals surface area contributed by atoms with Crippen LogP contribution >= 0.6 is 11.3 Å². The molecule has 0 spiro atoms. The summed E-state index contributed by atoms with van der Waals surface area (Å²) >= 11 is 1.64. The van der Waals surface area contributed by atoms with Crippen molar-refractivity contribution in [2.75, 3.05) is 20.3 Å². The van der Waals surface area contributed by atoms with Gasteiger partial charge < -0.3 is 14.6 Å². The van der Waals surface area contributed by atoms with Crippen LogP contribution in [0.2, 0.25) is 0 Å². The van der Waals surface area contributed by atoms with Gasteiger partial charge in [-0.1, -0.05) is 26.2 Å². The number of carbonyl (C=O) groups excluding carboxylic acids is 1. The number of nitrogens with zero attached hydrogens (tertiary/aromatic N) is 3. The molecule has 3 aromatic rings. The quantitative estimate of drug-likeness (QED) is 0.463. The lowest BCUT2D eigenvalue weighted by molar-refractivity contribution is 0.0936. The SMILES string of the molecule is CCc1cc(-c2nc(-c3cc(C(=O)NCCOC)c(C)n3C3CCCCC3)cs2)ccn1. The summed E-state index contributed by atoms with van der Waals surface area (Å²) in [5, 5.41) is 6.07. The van der Waals surface area contributed by atoms with Gasteiger partial charge in [0.25, 0.3) is 5.91 Å². The van der Waals surface area contributed by atoms with Gasteiger partial charge in [-0.3, -0.25) is 9.78 Å². The van der Waals surface area contributed by atoms with E-state index in [0.717, 1.165) is 58.2 Å². The zero-order valence-electron chi connectivity index (χ0n) is 19.2. The van der Waals surface area contributed by atoms with Crippen LogP contribution in [0.15, 0.2) is 29.8 Å². The summed E-state index contributed by atoms with van der Waals surface area (Å²) in [6.07, 6.45) is 8.80. The van der Waals surface area contributed by atoms with Crippen molar-refractivity contribution in [3.8, 4) is 22.0 Å². The van der Waals surface area contributed by atoms with Crippen LogP contribution in [-0.4, -0.2) is 40.7 Å². The first-order valence-electron chi connectivity index (χ1n) is 11.5. The lowest BCUT2D eigenvalue weighted by Crippen LogP contribution is -2.27. The van der Waals surface area contributed by atoms with Crippen molar-refractivity contribution in [3.63, 3.8) is 0 Å². The molecule has 1 amide bonds. The van der Waals surface area contributed by atoms with Crippen LogP contribution < -0.4 is 5.32 Å². The third-order valence-corrected chi connectivity index (χ3v) is 7.15. The summed E-state index contributed by atoms with van der Waals surface area (Å²) in [6.45, 7) is 5.18. The second-order valence-corrected chi connectivity index (χ2v) is 9.22. The molecule has 0 aliphatic heterocycles. The lowest BCUT2D eigenvalue weighted by atomic mass is 9.95. The van der Waals surface area contributed by atoms with Crippen LogP contribution in [-0.2, 0) is 11.2 Å². The Bertz CT molecular complexity index is 1070. The van der Waals surface area contributed by atoms with Gasteiger partial charge in [-0.05, 0) is 44.4 Å². The van der Waals surface area contributed by atoms with Crippen molar-refractivity contribution in [2.24, 2.45) is 0 Å². The van der Waals surface area contributed by atoms with E-state index >= 15 is 0 Å². The molecule has 0 radical (unpaired) electrons. The standard InChI is InChI=1S/C25H32N4O2S/c1-4-19-14-18(10-11-26-19)25-28-22(16-32-25)23-15-21(24(30)27-12-13-31-3)17(2)29(23)20-8-6-5-7-9-20/h10-11,14-16,20H,4-9,12-13H2,1-3H3,(H,27,30). The number of rotatable bonds is 8. The molecule has 3 aromatic heterocycles. The zero-order chi connectivity index (χ0) is 22.5. The number of amides is 1. The number of carbonyl (C=O) groups is 1. The van der Waals surface area contributed by atoms with E-state index < -0.39 is 0 Å². The summed E-state index contributed by atoms with van der Waals surface area (Å²) in [4.78, 5) is 22.3. The van der Waals surface area contributed by atoms with E-state index in [9.17, 15) is 4.79 Å². The maximum absolute atomic E-state index is 12.9. The molecule has 1 saturated carbocycles. The minimum Gasteiger partial charge on any atom is -0.383 e. The first-order valence-corrected chi connectivity index (χ1v) is 12.4. The van der Waals surface area contributed by atoms with Crippen LogP contribution in [0, 0.1) is 6.92 Å². The molecule has 0 atom stereocenters. The Hall–Kier alpha value is -2.51. The summed E-state index contributed by atoms with van der Waals surface area (Å²) in [6, 6.07) is 6.57. The topological polar surface area (TPSA) is 69.0 Å². The molecular formula is C25H32N4O2S. The number of nitrogens with one attached hydrogen (secondary N) is 1. The third-order valence-electron chi connectivity index (χ3n) is 6.26. The van der Waals surface area contributed by atoms with Gasteiger partial charge in [-0.2, -0.15) is 0 Å². The van der Waals surface area contributed by atoms with Crippen LogP contribution in [0.25, 0.3) is 22.0 Å². The average molecular weight is 453 g/mol. The van der Waals surface area contributed by atoms with Gasteiger partial charge in [-0.15, -0.1) is 11.3 Å². The highest BCUT2D eigenvalue weighted by molar-refractivity contribution is 7.13. The Morgan fingerprint density at radius 1 is 1.28 bits per heavy atom. The molecule has 0 saturated heterocycles. The smallest absolute Gasteiger partial charge is 0.253 e. The summed E-state index contributed by atoms with van der Waals surface area (Å²) in [5.74, 6) is -0.0486. The summed E-state index contributed by atoms with van der Waals surface area (Å²) in [7, 11) is 1.64. The Labute approximate surface area is 194 Å². The molecule has 1 N–H and O–H groups in total. The predicted octanol–water partition coefficient (Wildman–Crippen LogP) is 5.43. The number of hydrogen-bond donors (Lipinski definition) is 1. The van der Waals surface area contributed by atoms with Gasteiger partial charge in [0.2, 0.25) is 0 Å². The molecule has 3 heterocycles. The fourth-order valence-corrected chi connectivity index (χ4v) is 5.36. The number of ether oxygens (including phenoxy) is 1. The molecule has 170 valence electrons. The highest BCUT2D eigenvalue weighted by Crippen LogP contribution is 2.37. The van der Waals surface area contributed by atoms with Gasteiger partial charge >= 0.3 is 0 Å². The second kappa shape index (κ2) is 10.4. The van der Waals surface area contributed by atoms with Crippen molar-refractivity contribution in [3.05, 3.63) is 46.7 Å². The van der Waals surface area contributed by atoms with E-state index in [1.54, 1.807) is 18.4 Å². The lowest BCUT2D eigenvalue weighted by Gasteiger charge is -2.26. The molecule has 32 heavy (non-hydrogen) atoms. The van der Waals surface area contributed by atoms with E-state index in [1.165, 1.54) is 19.3 Å². The number of hydrogen-bond acceptors (Lipinski definition) is 5. The van der Waals surface area contributed by atoms with E-state index in [4.69, 9.17) is 9.72 Å². The van der Waals surface area contributed by atoms with Crippen molar-refractivity contribution in [1.29, 1.82) is 0 Å². The second-order valence-electron chi connectivity index (χ2n) is 8.37. The van der Waals surface area contributed by atoms with Gasteiger partial charge in [0, 0.05) is 48.2 Å². The molecule has 0 aromatic carbocycles. The van der Waals surface area contributed by atoms with Crippen LogP contribution in [0.5, 0.6) is 0 Å². The van der Waals surface area contributed by atoms with E-state index in [0.29, 0.717) is 19.2 Å². The normalized spacial score (nSPS) is 14.6. The maximum Gasteiger partial charge on any atom is 0.253 e. The minimum atomic E-state index is -0.0486. The fraction of sp³-hybridized carbons (Fsp3) is 0.480. The minimum absolute atomic E-state index is 0.0486. The number of aryl methyl sites for hydroxylation is 1. The van der Waals surface area contributed by atoms with E-state index in [1.807, 2.05) is 18.3 Å². The van der Waals surface area contributed by atoms with Crippen LogP contribution in [0.1, 0.15) is 66.8 Å². The highest BCUT2D eigenvalue weighted by atomic mass is 32.1. The zero-order valence-corrected chi connectivity index (χ0v) is 20.0. The van der Waals surface area contributed by atoms with Crippen molar-refractivity contribution in [1.82, 2.24) is 19.9 Å². The average Bonchev–Trinajstić information content (AvgIpc) is 3.45. The molecule has 1 aliphatic rings. The van der Waals surface area contributed by atoms with E-state index in [-0.39, 0.29) is 5.91 Å². The largest absolute Gasteiger partial charge is 0.383 e. The highest BCUT2D eigenvalue weighted by Gasteiger charge is 2.26. The van der Waals surface area contributed by atoms with Crippen LogP contribution in [0.3, 0.4) is 0 Å². The van der Waals surface area contributed by atoms with E-state index in [2.05, 4.69) is 40.2 Å². The molecule has 0 unspecified atom stereocenters. The number of methoxy groups -OCH3 is 1. The van der Waals surface area contributed by atoms with Crippen LogP contribution in [0.4, 0.5) is 0 Å². The molecule has 6 nitrogen and oxygen atoms in total. The first-order chi connectivity index (χ1) is 15.6. The van der Waals surface area contributed by atoms with Gasteiger partial charge in [0.15, 0.2) is 0 Å². The number of thiazole rings is 1.